The molecule has 0 bridgehead atoms. The van der Waals surface area contributed by atoms with Gasteiger partial charge in [-0.25, -0.2) is 0 Å². The lowest BCUT2D eigenvalue weighted by atomic mass is 10.0. The lowest BCUT2D eigenvalue weighted by Crippen LogP contribution is -2.45. The Labute approximate surface area is 114 Å². The highest BCUT2D eigenvalue weighted by molar-refractivity contribution is 7.09. The minimum atomic E-state index is 0.449. The normalized spacial score (nSPS) is 27.9. The molecule has 1 atom stereocenters. The van der Waals surface area contributed by atoms with Crippen LogP contribution in [0.2, 0.25) is 0 Å². The Morgan fingerprint density at radius 2 is 2.06 bits per heavy atom. The van der Waals surface area contributed by atoms with Gasteiger partial charge in [0.05, 0.1) is 0 Å². The zero-order chi connectivity index (χ0) is 12.4. The van der Waals surface area contributed by atoms with Gasteiger partial charge >= 0.3 is 0 Å². The number of nitrogens with two attached hydrogens (primary N) is 1. The summed E-state index contributed by atoms with van der Waals surface area (Å²) < 4.78 is 0. The molecule has 2 aliphatic heterocycles. The van der Waals surface area contributed by atoms with Gasteiger partial charge in [-0.1, -0.05) is 6.07 Å². The highest BCUT2D eigenvalue weighted by atomic mass is 32.1. The highest BCUT2D eigenvalue weighted by Gasteiger charge is 2.29. The summed E-state index contributed by atoms with van der Waals surface area (Å²) in [6.07, 6.45) is 3.70. The van der Waals surface area contributed by atoms with E-state index in [-0.39, 0.29) is 0 Å². The first kappa shape index (κ1) is 12.6. The molecular weight excluding hydrogens is 242 g/mol. The average molecular weight is 265 g/mol. The molecule has 3 heterocycles. The Bertz CT molecular complexity index is 357. The van der Waals surface area contributed by atoms with E-state index in [9.17, 15) is 0 Å². The first-order chi connectivity index (χ1) is 8.81. The van der Waals surface area contributed by atoms with Crippen LogP contribution in [0.1, 0.15) is 24.1 Å². The molecule has 0 amide bonds. The molecule has 4 heteroatoms. The number of nitrogens with zero attached hydrogens (tertiary/aromatic N) is 2. The van der Waals surface area contributed by atoms with Crippen molar-refractivity contribution in [1.29, 1.82) is 0 Å². The zero-order valence-electron chi connectivity index (χ0n) is 10.9. The molecule has 2 N–H and O–H groups in total. The quantitative estimate of drug-likeness (QED) is 0.903. The van der Waals surface area contributed by atoms with Gasteiger partial charge in [0.1, 0.15) is 0 Å². The van der Waals surface area contributed by atoms with Gasteiger partial charge in [0.15, 0.2) is 0 Å². The van der Waals surface area contributed by atoms with E-state index < -0.39 is 0 Å². The van der Waals surface area contributed by atoms with Crippen molar-refractivity contribution in [3.8, 4) is 0 Å². The molecule has 2 aliphatic rings. The van der Waals surface area contributed by atoms with Gasteiger partial charge in [-0.2, -0.15) is 0 Å². The fourth-order valence-electron chi connectivity index (χ4n) is 3.16. The molecule has 3 nitrogen and oxygen atoms in total. The van der Waals surface area contributed by atoms with Crippen LogP contribution in [0.25, 0.3) is 0 Å². The summed E-state index contributed by atoms with van der Waals surface area (Å²) in [6, 6.07) is 5.62. The fourth-order valence-corrected chi connectivity index (χ4v) is 3.91. The molecule has 0 spiro atoms. The third-order valence-electron chi connectivity index (χ3n) is 4.30. The minimum Gasteiger partial charge on any atom is -0.328 e. The van der Waals surface area contributed by atoms with Crippen LogP contribution in [-0.4, -0.2) is 48.1 Å². The first-order valence-corrected chi connectivity index (χ1v) is 7.93. The van der Waals surface area contributed by atoms with E-state index in [0.717, 1.165) is 12.6 Å². The van der Waals surface area contributed by atoms with E-state index in [4.69, 9.17) is 5.73 Å². The smallest absolute Gasteiger partial charge is 0.0328 e. The second-order valence-electron chi connectivity index (χ2n) is 5.63. The number of hydrogen-bond donors (Lipinski definition) is 1. The maximum Gasteiger partial charge on any atom is 0.0328 e. The Balaban J connectivity index is 1.49. The number of piperidine rings is 1. The van der Waals surface area contributed by atoms with Crippen LogP contribution in [0.4, 0.5) is 0 Å². The summed E-state index contributed by atoms with van der Waals surface area (Å²) in [7, 11) is 0. The Morgan fingerprint density at radius 1 is 1.22 bits per heavy atom. The maximum atomic E-state index is 5.98. The van der Waals surface area contributed by atoms with Gasteiger partial charge in [-0.05, 0) is 43.8 Å². The van der Waals surface area contributed by atoms with Crippen molar-refractivity contribution in [3.63, 3.8) is 0 Å². The maximum absolute atomic E-state index is 5.98. The van der Waals surface area contributed by atoms with E-state index in [1.807, 2.05) is 11.3 Å². The van der Waals surface area contributed by atoms with Crippen molar-refractivity contribution in [3.05, 3.63) is 22.4 Å². The summed E-state index contributed by atoms with van der Waals surface area (Å²) in [5.74, 6) is 0. The molecule has 18 heavy (non-hydrogen) atoms. The van der Waals surface area contributed by atoms with Crippen LogP contribution >= 0.6 is 11.3 Å². The van der Waals surface area contributed by atoms with E-state index in [1.165, 1.54) is 50.3 Å². The van der Waals surface area contributed by atoms with Crippen LogP contribution in [0.15, 0.2) is 17.5 Å². The van der Waals surface area contributed by atoms with Crippen LogP contribution < -0.4 is 5.73 Å². The second-order valence-corrected chi connectivity index (χ2v) is 6.66. The molecule has 0 aromatic carbocycles. The lowest BCUT2D eigenvalue weighted by molar-refractivity contribution is 0.152. The number of likely N-dealkylation sites (tertiary alicyclic amines) is 2. The molecular formula is C14H23N3S. The molecule has 0 aliphatic carbocycles. The molecule has 1 unspecified atom stereocenters. The van der Waals surface area contributed by atoms with Gasteiger partial charge in [0, 0.05) is 36.6 Å². The third kappa shape index (κ3) is 2.94. The van der Waals surface area contributed by atoms with Crippen molar-refractivity contribution in [2.45, 2.75) is 37.9 Å². The fraction of sp³-hybridized carbons (Fsp3) is 0.714. The Kier molecular flexibility index (Phi) is 3.99. The van der Waals surface area contributed by atoms with Gasteiger partial charge in [0.2, 0.25) is 0 Å². The van der Waals surface area contributed by atoms with E-state index >= 15 is 0 Å². The molecule has 0 radical (unpaired) electrons. The van der Waals surface area contributed by atoms with Crippen molar-refractivity contribution in [2.75, 3.05) is 26.2 Å². The molecule has 3 rings (SSSR count). The van der Waals surface area contributed by atoms with Crippen molar-refractivity contribution < 1.29 is 0 Å². The topological polar surface area (TPSA) is 32.5 Å². The predicted molar refractivity (Wildman–Crippen MR) is 76.8 cm³/mol. The van der Waals surface area contributed by atoms with Crippen LogP contribution in [0.3, 0.4) is 0 Å². The van der Waals surface area contributed by atoms with Gasteiger partial charge < -0.3 is 5.73 Å². The first-order valence-electron chi connectivity index (χ1n) is 7.05. The summed E-state index contributed by atoms with van der Waals surface area (Å²) in [5, 5.41) is 2.18. The summed E-state index contributed by atoms with van der Waals surface area (Å²) in [5.41, 5.74) is 5.98. The van der Waals surface area contributed by atoms with Gasteiger partial charge in [-0.3, -0.25) is 9.80 Å². The zero-order valence-corrected chi connectivity index (χ0v) is 11.7. The third-order valence-corrected chi connectivity index (χ3v) is 5.16. The summed E-state index contributed by atoms with van der Waals surface area (Å²) >= 11 is 1.88. The molecule has 2 fully saturated rings. The Hall–Kier alpha value is -0.420. The van der Waals surface area contributed by atoms with Crippen LogP contribution in [0.5, 0.6) is 0 Å². The monoisotopic (exact) mass is 265 g/mol. The van der Waals surface area contributed by atoms with E-state index in [1.54, 1.807) is 0 Å². The van der Waals surface area contributed by atoms with Gasteiger partial charge in [-0.15, -0.1) is 11.3 Å². The SMILES string of the molecule is NC1CCN(C2CCN(Cc3cccs3)C2)CC1. The molecule has 0 saturated carbocycles. The number of rotatable bonds is 3. The highest BCUT2D eigenvalue weighted by Crippen LogP contribution is 2.22. The number of hydrogen-bond acceptors (Lipinski definition) is 4. The van der Waals surface area contributed by atoms with E-state index in [0.29, 0.717) is 6.04 Å². The standard InChI is InChI=1S/C14H23N3S/c15-12-3-7-17(8-4-12)13-5-6-16(10-13)11-14-2-1-9-18-14/h1-2,9,12-13H,3-8,10-11,15H2. The molecule has 2 saturated heterocycles. The number of thiophene rings is 1. The molecule has 100 valence electrons. The van der Waals surface area contributed by atoms with E-state index in [2.05, 4.69) is 27.3 Å². The van der Waals surface area contributed by atoms with Crippen molar-refractivity contribution in [1.82, 2.24) is 9.80 Å². The molecule has 1 aromatic rings. The average Bonchev–Trinajstić information content (AvgIpc) is 3.02. The van der Waals surface area contributed by atoms with Gasteiger partial charge in [0.25, 0.3) is 0 Å². The van der Waals surface area contributed by atoms with Crippen molar-refractivity contribution in [2.24, 2.45) is 5.73 Å². The van der Waals surface area contributed by atoms with Crippen LogP contribution in [-0.2, 0) is 6.54 Å². The van der Waals surface area contributed by atoms with Crippen molar-refractivity contribution >= 4 is 11.3 Å². The molecule has 1 aromatic heterocycles. The minimum absolute atomic E-state index is 0.449. The second kappa shape index (κ2) is 5.70. The predicted octanol–water partition coefficient (Wildman–Crippen LogP) is 1.75. The lowest BCUT2D eigenvalue weighted by Gasteiger charge is -2.34. The van der Waals surface area contributed by atoms with Crippen LogP contribution in [0, 0.1) is 0 Å². The summed E-state index contributed by atoms with van der Waals surface area (Å²) in [6.45, 7) is 6.05. The summed E-state index contributed by atoms with van der Waals surface area (Å²) in [4.78, 5) is 6.76. The largest absolute Gasteiger partial charge is 0.328 e. The Morgan fingerprint density at radius 3 is 2.78 bits per heavy atom.